The van der Waals surface area contributed by atoms with Crippen LogP contribution in [0.3, 0.4) is 0 Å². The molecule has 0 saturated heterocycles. The maximum absolute atomic E-state index is 12.3. The SMILES string of the molecule is CC(C)c1cc(CNC(=O)c2coc(COc3cccc4cccnc34)n2)on1. The number of fused-ring (bicyclic) bond motifs is 1. The van der Waals surface area contributed by atoms with Crippen molar-refractivity contribution in [3.8, 4) is 5.75 Å². The summed E-state index contributed by atoms with van der Waals surface area (Å²) in [4.78, 5) is 20.8. The number of hydrogen-bond acceptors (Lipinski definition) is 7. The van der Waals surface area contributed by atoms with Crippen LogP contribution >= 0.6 is 0 Å². The molecule has 1 aromatic carbocycles. The van der Waals surface area contributed by atoms with Crippen molar-refractivity contribution < 1.29 is 18.5 Å². The molecule has 3 heterocycles. The van der Waals surface area contributed by atoms with E-state index < -0.39 is 0 Å². The van der Waals surface area contributed by atoms with Crippen molar-refractivity contribution in [2.45, 2.75) is 32.9 Å². The molecule has 148 valence electrons. The van der Waals surface area contributed by atoms with Crippen molar-refractivity contribution in [3.05, 3.63) is 71.9 Å². The highest BCUT2D eigenvalue weighted by Crippen LogP contribution is 2.23. The second-order valence-corrected chi connectivity index (χ2v) is 6.80. The van der Waals surface area contributed by atoms with Crippen molar-refractivity contribution in [3.63, 3.8) is 0 Å². The molecule has 8 nitrogen and oxygen atoms in total. The molecule has 1 amide bonds. The Balaban J connectivity index is 1.35. The molecule has 29 heavy (non-hydrogen) atoms. The third-order valence-electron chi connectivity index (χ3n) is 4.32. The first-order valence-electron chi connectivity index (χ1n) is 9.25. The Morgan fingerprint density at radius 2 is 2.10 bits per heavy atom. The summed E-state index contributed by atoms with van der Waals surface area (Å²) >= 11 is 0. The van der Waals surface area contributed by atoms with Crippen LogP contribution in [0.15, 0.2) is 57.8 Å². The molecule has 0 bridgehead atoms. The second-order valence-electron chi connectivity index (χ2n) is 6.80. The van der Waals surface area contributed by atoms with Crippen LogP contribution in [0.2, 0.25) is 0 Å². The minimum Gasteiger partial charge on any atom is -0.482 e. The minimum absolute atomic E-state index is 0.0861. The van der Waals surface area contributed by atoms with Gasteiger partial charge in [-0.2, -0.15) is 0 Å². The van der Waals surface area contributed by atoms with E-state index in [1.165, 1.54) is 6.26 Å². The molecular weight excluding hydrogens is 372 g/mol. The maximum Gasteiger partial charge on any atom is 0.273 e. The average molecular weight is 392 g/mol. The number of hydrogen-bond donors (Lipinski definition) is 1. The number of amides is 1. The third-order valence-corrected chi connectivity index (χ3v) is 4.32. The van der Waals surface area contributed by atoms with Gasteiger partial charge in [-0.15, -0.1) is 0 Å². The van der Waals surface area contributed by atoms with Gasteiger partial charge in [-0.05, 0) is 18.1 Å². The Hall–Kier alpha value is -3.68. The molecule has 3 aromatic heterocycles. The summed E-state index contributed by atoms with van der Waals surface area (Å²) in [5.41, 5.74) is 1.77. The summed E-state index contributed by atoms with van der Waals surface area (Å²) in [7, 11) is 0. The lowest BCUT2D eigenvalue weighted by Gasteiger charge is -2.06. The van der Waals surface area contributed by atoms with Crippen LogP contribution in [0, 0.1) is 0 Å². The van der Waals surface area contributed by atoms with E-state index in [-0.39, 0.29) is 30.7 Å². The number of aromatic nitrogens is 3. The van der Waals surface area contributed by atoms with E-state index in [0.717, 1.165) is 16.6 Å². The molecule has 0 aliphatic rings. The van der Waals surface area contributed by atoms with E-state index in [1.54, 1.807) is 6.20 Å². The van der Waals surface area contributed by atoms with Crippen LogP contribution < -0.4 is 10.1 Å². The molecule has 0 saturated carbocycles. The zero-order valence-electron chi connectivity index (χ0n) is 16.1. The molecule has 0 unspecified atom stereocenters. The molecule has 0 aliphatic heterocycles. The van der Waals surface area contributed by atoms with Crippen LogP contribution in [0.1, 0.15) is 47.6 Å². The number of nitrogens with zero attached hydrogens (tertiary/aromatic N) is 3. The Kier molecular flexibility index (Phi) is 5.24. The number of carbonyl (C=O) groups excluding carboxylic acids is 1. The number of oxazole rings is 1. The minimum atomic E-state index is -0.366. The fraction of sp³-hybridized carbons (Fsp3) is 0.238. The summed E-state index contributed by atoms with van der Waals surface area (Å²) in [6, 6.07) is 11.3. The number of carbonyl (C=O) groups is 1. The lowest BCUT2D eigenvalue weighted by atomic mass is 10.1. The van der Waals surface area contributed by atoms with E-state index >= 15 is 0 Å². The fourth-order valence-electron chi connectivity index (χ4n) is 2.76. The quantitative estimate of drug-likeness (QED) is 0.509. The maximum atomic E-state index is 12.3. The lowest BCUT2D eigenvalue weighted by molar-refractivity contribution is 0.0942. The van der Waals surface area contributed by atoms with Crippen molar-refractivity contribution in [2.75, 3.05) is 0 Å². The Morgan fingerprint density at radius 1 is 1.24 bits per heavy atom. The smallest absolute Gasteiger partial charge is 0.273 e. The van der Waals surface area contributed by atoms with Gasteiger partial charge in [-0.1, -0.05) is 37.2 Å². The van der Waals surface area contributed by atoms with Gasteiger partial charge in [-0.3, -0.25) is 9.78 Å². The van der Waals surface area contributed by atoms with Crippen molar-refractivity contribution in [2.24, 2.45) is 0 Å². The second kappa shape index (κ2) is 8.14. The predicted octanol–water partition coefficient (Wildman–Crippen LogP) is 3.84. The molecular formula is C21H20N4O4. The molecule has 4 rings (SSSR count). The van der Waals surface area contributed by atoms with Gasteiger partial charge in [0.2, 0.25) is 5.89 Å². The topological polar surface area (TPSA) is 103 Å². The predicted molar refractivity (Wildman–Crippen MR) is 104 cm³/mol. The van der Waals surface area contributed by atoms with E-state index in [1.807, 2.05) is 50.2 Å². The number of rotatable bonds is 7. The van der Waals surface area contributed by atoms with Gasteiger partial charge in [0.15, 0.2) is 18.1 Å². The number of benzene rings is 1. The summed E-state index contributed by atoms with van der Waals surface area (Å²) in [6.45, 7) is 4.35. The first-order chi connectivity index (χ1) is 14.1. The van der Waals surface area contributed by atoms with Crippen molar-refractivity contribution >= 4 is 16.8 Å². The monoisotopic (exact) mass is 392 g/mol. The average Bonchev–Trinajstić information content (AvgIpc) is 3.40. The Labute approximate surface area is 166 Å². The molecule has 0 aliphatic carbocycles. The highest BCUT2D eigenvalue weighted by atomic mass is 16.5. The standard InChI is InChI=1S/C21H20N4O4/c1-13(2)16-9-15(29-25-16)10-23-21(26)17-11-28-19(24-17)12-27-18-7-3-5-14-6-4-8-22-20(14)18/h3-9,11,13H,10,12H2,1-2H3,(H,23,26). The summed E-state index contributed by atoms with van der Waals surface area (Å²) in [6.07, 6.45) is 3.01. The van der Waals surface area contributed by atoms with Gasteiger partial charge in [0, 0.05) is 17.6 Å². The normalized spacial score (nSPS) is 11.1. The van der Waals surface area contributed by atoms with Crippen molar-refractivity contribution in [1.82, 2.24) is 20.4 Å². The zero-order valence-corrected chi connectivity index (χ0v) is 16.1. The van der Waals surface area contributed by atoms with E-state index in [2.05, 4.69) is 20.4 Å². The molecule has 8 heteroatoms. The lowest BCUT2D eigenvalue weighted by Crippen LogP contribution is -2.23. The van der Waals surface area contributed by atoms with Crippen molar-refractivity contribution in [1.29, 1.82) is 0 Å². The molecule has 0 spiro atoms. The summed E-state index contributed by atoms with van der Waals surface area (Å²) in [5.74, 6) is 1.40. The van der Waals surface area contributed by atoms with Gasteiger partial charge >= 0.3 is 0 Å². The van der Waals surface area contributed by atoms with Gasteiger partial charge in [0.25, 0.3) is 5.91 Å². The molecule has 4 aromatic rings. The first kappa shape index (κ1) is 18.7. The largest absolute Gasteiger partial charge is 0.482 e. The van der Waals surface area contributed by atoms with Gasteiger partial charge in [-0.25, -0.2) is 4.98 Å². The third kappa shape index (κ3) is 4.26. The molecule has 0 fully saturated rings. The van der Waals surface area contributed by atoms with E-state index in [0.29, 0.717) is 17.4 Å². The van der Waals surface area contributed by atoms with Gasteiger partial charge in [0.1, 0.15) is 17.5 Å². The Morgan fingerprint density at radius 3 is 2.93 bits per heavy atom. The summed E-state index contributed by atoms with van der Waals surface area (Å²) in [5, 5.41) is 7.67. The van der Waals surface area contributed by atoms with Gasteiger partial charge < -0.3 is 19.0 Å². The highest BCUT2D eigenvalue weighted by molar-refractivity contribution is 5.91. The summed E-state index contributed by atoms with van der Waals surface area (Å²) < 4.78 is 16.3. The van der Waals surface area contributed by atoms with Crippen LogP contribution in [0.5, 0.6) is 5.75 Å². The number of para-hydroxylation sites is 1. The number of nitrogens with one attached hydrogen (secondary N) is 1. The fourth-order valence-corrected chi connectivity index (χ4v) is 2.76. The molecule has 0 atom stereocenters. The number of ether oxygens (including phenoxy) is 1. The van der Waals surface area contributed by atoms with Gasteiger partial charge in [0.05, 0.1) is 12.2 Å². The molecule has 1 N–H and O–H groups in total. The number of pyridine rings is 1. The molecule has 0 radical (unpaired) electrons. The van der Waals surface area contributed by atoms with Crippen LogP contribution in [-0.4, -0.2) is 21.0 Å². The van der Waals surface area contributed by atoms with Crippen LogP contribution in [0.4, 0.5) is 0 Å². The van der Waals surface area contributed by atoms with E-state index in [4.69, 9.17) is 13.7 Å². The van der Waals surface area contributed by atoms with Crippen LogP contribution in [0.25, 0.3) is 10.9 Å². The highest BCUT2D eigenvalue weighted by Gasteiger charge is 2.15. The van der Waals surface area contributed by atoms with E-state index in [9.17, 15) is 4.79 Å². The zero-order chi connectivity index (χ0) is 20.2. The van der Waals surface area contributed by atoms with Crippen LogP contribution in [-0.2, 0) is 13.2 Å². The first-order valence-corrected chi connectivity index (χ1v) is 9.25. The Bertz CT molecular complexity index is 1130.